The number of nitrogens with one attached hydrogen (secondary N) is 1. The van der Waals surface area contributed by atoms with Crippen LogP contribution in [0.1, 0.15) is 38.5 Å². The lowest BCUT2D eigenvalue weighted by Gasteiger charge is -2.04. The molecule has 2 aromatic heterocycles. The molecule has 4 unspecified atom stereocenters. The summed E-state index contributed by atoms with van der Waals surface area (Å²) in [6, 6.07) is 0.130. The number of nitrogens with zero attached hydrogens (tertiary/aromatic N) is 4. The van der Waals surface area contributed by atoms with Gasteiger partial charge in [-0.1, -0.05) is 0 Å². The van der Waals surface area contributed by atoms with Crippen LogP contribution < -0.4 is 10.5 Å². The number of hydrogen-bond acceptors (Lipinski definition) is 9. The van der Waals surface area contributed by atoms with Crippen LogP contribution >= 0.6 is 0 Å². The van der Waals surface area contributed by atoms with Gasteiger partial charge in [-0.05, 0) is 38.5 Å². The van der Waals surface area contributed by atoms with Gasteiger partial charge in [0.1, 0.15) is 12.7 Å². The lowest BCUT2D eigenvalue weighted by molar-refractivity contribution is 0.165. The normalized spacial score (nSPS) is 29.4. The predicted octanol–water partition coefficient (Wildman–Crippen LogP) is -0.649. The Morgan fingerprint density at radius 1 is 1.03 bits per heavy atom. The minimum absolute atomic E-state index is 0.0602. The van der Waals surface area contributed by atoms with Gasteiger partial charge in [0.15, 0.2) is 0 Å². The maximum absolute atomic E-state index is 11.6. The third-order valence-corrected chi connectivity index (χ3v) is 7.61. The van der Waals surface area contributed by atoms with E-state index in [2.05, 4.69) is 14.7 Å². The molecule has 2 aliphatic carbocycles. The summed E-state index contributed by atoms with van der Waals surface area (Å²) >= 11 is 0. The highest BCUT2D eigenvalue weighted by Gasteiger charge is 2.40. The van der Waals surface area contributed by atoms with Gasteiger partial charge in [-0.2, -0.15) is 21.6 Å². The second-order valence-electron chi connectivity index (χ2n) is 7.20. The Labute approximate surface area is 175 Å². The zero-order valence-corrected chi connectivity index (χ0v) is 17.8. The summed E-state index contributed by atoms with van der Waals surface area (Å²) in [5.41, 5.74) is 5.43. The zero-order valence-electron chi connectivity index (χ0n) is 16.2. The van der Waals surface area contributed by atoms with Crippen molar-refractivity contribution in [2.45, 2.75) is 62.8 Å². The first-order valence-electron chi connectivity index (χ1n) is 9.55. The van der Waals surface area contributed by atoms with Crippen molar-refractivity contribution in [2.75, 3.05) is 0 Å². The number of imidazole rings is 2. The van der Waals surface area contributed by atoms with E-state index < -0.39 is 20.5 Å². The molecule has 3 fully saturated rings. The molecule has 3 heterocycles. The average molecular weight is 463 g/mol. The quantitative estimate of drug-likeness (QED) is 0.524. The Morgan fingerprint density at radius 3 is 2.03 bits per heavy atom. The van der Waals surface area contributed by atoms with Gasteiger partial charge in [-0.25, -0.2) is 17.9 Å². The fourth-order valence-corrected chi connectivity index (χ4v) is 5.63. The van der Waals surface area contributed by atoms with Gasteiger partial charge in [-0.3, -0.25) is 4.18 Å². The van der Waals surface area contributed by atoms with Gasteiger partial charge in [-0.15, -0.1) is 0 Å². The Balaban J connectivity index is 0.000000134. The summed E-state index contributed by atoms with van der Waals surface area (Å²) in [4.78, 5) is 7.30. The van der Waals surface area contributed by atoms with Crippen molar-refractivity contribution in [2.24, 2.45) is 5.73 Å². The van der Waals surface area contributed by atoms with E-state index in [1.54, 1.807) is 0 Å². The van der Waals surface area contributed by atoms with Crippen molar-refractivity contribution in [1.82, 2.24) is 22.6 Å². The number of aliphatic hydroxyl groups excluding tert-OH is 1. The van der Waals surface area contributed by atoms with Crippen molar-refractivity contribution < 1.29 is 26.1 Å². The molecule has 1 aliphatic heterocycles. The summed E-state index contributed by atoms with van der Waals surface area (Å²) < 4.78 is 53.8. The minimum atomic E-state index is -3.54. The summed E-state index contributed by atoms with van der Waals surface area (Å²) in [5.74, 6) is 0. The molecule has 168 valence electrons. The molecule has 30 heavy (non-hydrogen) atoms. The van der Waals surface area contributed by atoms with Crippen LogP contribution in [0.2, 0.25) is 0 Å². The first-order valence-corrected chi connectivity index (χ1v) is 12.4. The summed E-state index contributed by atoms with van der Waals surface area (Å²) in [6.45, 7) is 0. The standard InChI is InChI=1S/C6H6N4O2S.C5H9NO3S.C5H11NO/c11-13(12,9-3-1-7-5-9)10-4-2-8-6-10;7-10(8)6-4-2-1-3-5(4)9-10;6-4-2-1-3-5(4)7/h1-6H;4-6H,1-3H2;4-5,7H,1-3,6H2. The number of rotatable bonds is 2. The molecule has 2 saturated carbocycles. The molecule has 12 nitrogen and oxygen atoms in total. The first kappa shape index (κ1) is 22.8. The first-order chi connectivity index (χ1) is 14.2. The Bertz CT molecular complexity index is 927. The fraction of sp³-hybridized carbons (Fsp3) is 0.625. The third kappa shape index (κ3) is 5.65. The van der Waals surface area contributed by atoms with E-state index in [1.807, 2.05) is 0 Å². The Hall–Kier alpha value is -1.84. The van der Waals surface area contributed by atoms with E-state index in [0.29, 0.717) is 0 Å². The number of fused-ring (bicyclic) bond motifs is 1. The van der Waals surface area contributed by atoms with Crippen LogP contribution in [0.15, 0.2) is 37.4 Å². The molecule has 2 aromatic rings. The number of hydrogen-bond donors (Lipinski definition) is 3. The number of aromatic nitrogens is 4. The highest BCUT2D eigenvalue weighted by molar-refractivity contribution is 7.88. The lowest BCUT2D eigenvalue weighted by atomic mass is 10.2. The van der Waals surface area contributed by atoms with E-state index in [0.717, 1.165) is 46.5 Å². The third-order valence-electron chi connectivity index (χ3n) is 5.02. The molecule has 14 heteroatoms. The van der Waals surface area contributed by atoms with Crippen molar-refractivity contribution in [3.8, 4) is 0 Å². The molecule has 0 spiro atoms. The average Bonchev–Trinajstić information content (AvgIpc) is 3.46. The highest BCUT2D eigenvalue weighted by Crippen LogP contribution is 2.28. The molecular formula is C16H26N6O6S2. The van der Waals surface area contributed by atoms with E-state index in [-0.39, 0.29) is 24.3 Å². The highest BCUT2D eigenvalue weighted by atomic mass is 32.2. The molecule has 4 atom stereocenters. The Morgan fingerprint density at radius 2 is 1.63 bits per heavy atom. The second kappa shape index (κ2) is 9.53. The van der Waals surface area contributed by atoms with Gasteiger partial charge in [0.25, 0.3) is 0 Å². The molecule has 0 amide bonds. The summed E-state index contributed by atoms with van der Waals surface area (Å²) in [6.07, 6.45) is 13.5. The van der Waals surface area contributed by atoms with E-state index in [4.69, 9.17) is 15.0 Å². The van der Waals surface area contributed by atoms with E-state index >= 15 is 0 Å². The number of aliphatic hydroxyl groups is 1. The molecule has 0 aromatic carbocycles. The van der Waals surface area contributed by atoms with Crippen LogP contribution in [0.3, 0.4) is 0 Å². The molecule has 0 bridgehead atoms. The van der Waals surface area contributed by atoms with Gasteiger partial charge in [0, 0.05) is 30.8 Å². The van der Waals surface area contributed by atoms with E-state index in [1.165, 1.54) is 37.4 Å². The summed E-state index contributed by atoms with van der Waals surface area (Å²) in [7, 11) is -6.90. The predicted molar refractivity (Wildman–Crippen MR) is 107 cm³/mol. The fourth-order valence-electron chi connectivity index (χ4n) is 3.40. The molecule has 3 aliphatic rings. The van der Waals surface area contributed by atoms with Crippen molar-refractivity contribution >= 4 is 20.5 Å². The molecule has 4 N–H and O–H groups in total. The zero-order chi connectivity index (χ0) is 21.8. The van der Waals surface area contributed by atoms with Crippen LogP contribution in [0.5, 0.6) is 0 Å². The Kier molecular flexibility index (Phi) is 7.26. The van der Waals surface area contributed by atoms with Crippen LogP contribution in [0.4, 0.5) is 0 Å². The van der Waals surface area contributed by atoms with E-state index in [9.17, 15) is 16.8 Å². The molecule has 0 radical (unpaired) electrons. The van der Waals surface area contributed by atoms with Crippen molar-refractivity contribution in [1.29, 1.82) is 0 Å². The smallest absolute Gasteiger partial charge is 0.336 e. The second-order valence-corrected chi connectivity index (χ2v) is 10.3. The van der Waals surface area contributed by atoms with Crippen molar-refractivity contribution in [3.05, 3.63) is 37.4 Å². The van der Waals surface area contributed by atoms with Gasteiger partial charge < -0.3 is 10.8 Å². The molecular weight excluding hydrogens is 436 g/mol. The summed E-state index contributed by atoms with van der Waals surface area (Å²) in [5, 5.41) is 8.87. The van der Waals surface area contributed by atoms with Crippen LogP contribution in [-0.2, 0) is 24.7 Å². The molecule has 5 rings (SSSR count). The SMILES string of the molecule is NC1CCCC1O.O=S(=O)(n1ccnc1)n1ccnc1.O=S1(=O)NC2CCCC2O1. The van der Waals surface area contributed by atoms with Crippen LogP contribution in [0.25, 0.3) is 0 Å². The lowest BCUT2D eigenvalue weighted by Crippen LogP contribution is -2.28. The number of nitrogens with two attached hydrogens (primary N) is 1. The largest absolute Gasteiger partial charge is 0.392 e. The maximum Gasteiger partial charge on any atom is 0.336 e. The van der Waals surface area contributed by atoms with Gasteiger partial charge >= 0.3 is 20.5 Å². The maximum atomic E-state index is 11.6. The van der Waals surface area contributed by atoms with Crippen LogP contribution in [-0.4, -0.2) is 64.1 Å². The van der Waals surface area contributed by atoms with Crippen molar-refractivity contribution in [3.63, 3.8) is 0 Å². The van der Waals surface area contributed by atoms with Gasteiger partial charge in [0.05, 0.1) is 18.2 Å². The van der Waals surface area contributed by atoms with Gasteiger partial charge in [0.2, 0.25) is 0 Å². The van der Waals surface area contributed by atoms with Crippen LogP contribution in [0, 0.1) is 0 Å². The monoisotopic (exact) mass is 462 g/mol. The molecule has 1 saturated heterocycles. The topological polar surface area (TPSA) is 171 Å². The minimum Gasteiger partial charge on any atom is -0.392 e.